The van der Waals surface area contributed by atoms with Crippen LogP contribution in [0.25, 0.3) is 0 Å². The smallest absolute Gasteiger partial charge is 0.223 e. The van der Waals surface area contributed by atoms with E-state index in [0.717, 1.165) is 31.0 Å². The summed E-state index contributed by atoms with van der Waals surface area (Å²) in [6.45, 7) is 4.49. The van der Waals surface area contributed by atoms with E-state index in [9.17, 15) is 4.79 Å². The minimum atomic E-state index is 0. The van der Waals surface area contributed by atoms with Gasteiger partial charge < -0.3 is 14.6 Å². The fourth-order valence-corrected chi connectivity index (χ4v) is 2.18. The molecule has 2 rings (SSSR count). The lowest BCUT2D eigenvalue weighted by Crippen LogP contribution is -2.28. The zero-order valence-corrected chi connectivity index (χ0v) is 11.8. The van der Waals surface area contributed by atoms with Gasteiger partial charge in [-0.3, -0.25) is 4.79 Å². The van der Waals surface area contributed by atoms with Crippen molar-refractivity contribution in [1.29, 1.82) is 0 Å². The molecular weight excluding hydrogens is 252 g/mol. The second-order valence-corrected chi connectivity index (χ2v) is 4.83. The molecule has 0 radical (unpaired) electrons. The minimum Gasteiger partial charge on any atom is -0.464 e. The van der Waals surface area contributed by atoms with Crippen molar-refractivity contribution in [2.24, 2.45) is 5.92 Å². The molecule has 5 heteroatoms. The van der Waals surface area contributed by atoms with Gasteiger partial charge in [0.25, 0.3) is 0 Å². The van der Waals surface area contributed by atoms with Crippen molar-refractivity contribution in [3.05, 3.63) is 23.7 Å². The molecule has 1 aliphatic heterocycles. The monoisotopic (exact) mass is 272 g/mol. The summed E-state index contributed by atoms with van der Waals surface area (Å²) in [6.07, 6.45) is 1.75. The van der Waals surface area contributed by atoms with Crippen LogP contribution in [-0.4, -0.2) is 30.9 Å². The second-order valence-electron chi connectivity index (χ2n) is 4.83. The largest absolute Gasteiger partial charge is 0.464 e. The number of aryl methyl sites for hydroxylation is 1. The summed E-state index contributed by atoms with van der Waals surface area (Å²) < 4.78 is 5.47. The third-order valence-electron chi connectivity index (χ3n) is 3.24. The molecule has 4 nitrogen and oxygen atoms in total. The molecule has 1 aliphatic rings. The number of amides is 1. The van der Waals surface area contributed by atoms with Crippen LogP contribution in [0.4, 0.5) is 0 Å². The quantitative estimate of drug-likeness (QED) is 0.912. The number of hydrogen-bond acceptors (Lipinski definition) is 3. The van der Waals surface area contributed by atoms with Crippen molar-refractivity contribution >= 4 is 18.3 Å². The van der Waals surface area contributed by atoms with Crippen LogP contribution in [0.2, 0.25) is 0 Å². The first kappa shape index (κ1) is 15.1. The van der Waals surface area contributed by atoms with Crippen molar-refractivity contribution in [3.63, 3.8) is 0 Å². The summed E-state index contributed by atoms with van der Waals surface area (Å²) in [4.78, 5) is 13.7. The summed E-state index contributed by atoms with van der Waals surface area (Å²) in [5.41, 5.74) is 0. The van der Waals surface area contributed by atoms with Crippen LogP contribution >= 0.6 is 12.4 Å². The Morgan fingerprint density at radius 1 is 1.56 bits per heavy atom. The van der Waals surface area contributed by atoms with Crippen LogP contribution in [0.1, 0.15) is 24.4 Å². The first-order chi connectivity index (χ1) is 8.15. The molecule has 1 aromatic heterocycles. The fourth-order valence-electron chi connectivity index (χ4n) is 2.18. The number of nitrogens with one attached hydrogen (secondary N) is 1. The van der Waals surface area contributed by atoms with Crippen LogP contribution < -0.4 is 5.32 Å². The van der Waals surface area contributed by atoms with E-state index in [1.807, 2.05) is 26.1 Å². The van der Waals surface area contributed by atoms with Crippen molar-refractivity contribution in [3.8, 4) is 0 Å². The Bertz CT molecular complexity index is 386. The van der Waals surface area contributed by atoms with Crippen LogP contribution in [0.15, 0.2) is 16.5 Å². The zero-order chi connectivity index (χ0) is 12.3. The molecule has 102 valence electrons. The van der Waals surface area contributed by atoms with Gasteiger partial charge in [-0.1, -0.05) is 0 Å². The van der Waals surface area contributed by atoms with E-state index in [0.29, 0.717) is 18.9 Å². The Labute approximate surface area is 114 Å². The number of rotatable bonds is 4. The van der Waals surface area contributed by atoms with Gasteiger partial charge in [0.15, 0.2) is 0 Å². The van der Waals surface area contributed by atoms with E-state index in [1.165, 1.54) is 0 Å². The van der Waals surface area contributed by atoms with Crippen molar-refractivity contribution < 1.29 is 9.21 Å². The maximum atomic E-state index is 12.0. The van der Waals surface area contributed by atoms with Gasteiger partial charge in [-0.05, 0) is 44.5 Å². The average molecular weight is 273 g/mol. The Morgan fingerprint density at radius 3 is 2.89 bits per heavy atom. The van der Waals surface area contributed by atoms with E-state index in [1.54, 1.807) is 4.90 Å². The Hall–Kier alpha value is -1.00. The molecule has 1 N–H and O–H groups in total. The molecule has 1 amide bonds. The van der Waals surface area contributed by atoms with Crippen molar-refractivity contribution in [2.75, 3.05) is 20.1 Å². The number of nitrogens with zero attached hydrogens (tertiary/aromatic N) is 1. The number of carbonyl (C=O) groups excluding carboxylic acids is 1. The van der Waals surface area contributed by atoms with Gasteiger partial charge in [0, 0.05) is 13.5 Å². The average Bonchev–Trinajstić information content (AvgIpc) is 2.90. The van der Waals surface area contributed by atoms with Crippen LogP contribution in [-0.2, 0) is 11.3 Å². The number of hydrogen-bond donors (Lipinski definition) is 1. The molecule has 1 unspecified atom stereocenters. The van der Waals surface area contributed by atoms with E-state index < -0.39 is 0 Å². The summed E-state index contributed by atoms with van der Waals surface area (Å²) in [5, 5.41) is 3.28. The highest BCUT2D eigenvalue weighted by Gasteiger charge is 2.20. The van der Waals surface area contributed by atoms with Gasteiger partial charge in [0.2, 0.25) is 5.91 Å². The van der Waals surface area contributed by atoms with Gasteiger partial charge in [-0.25, -0.2) is 0 Å². The predicted octanol–water partition coefficient (Wildman–Crippen LogP) is 1.97. The van der Waals surface area contributed by atoms with Gasteiger partial charge >= 0.3 is 0 Å². The lowest BCUT2D eigenvalue weighted by Gasteiger charge is -2.17. The van der Waals surface area contributed by atoms with Gasteiger partial charge in [0.05, 0.1) is 6.54 Å². The summed E-state index contributed by atoms with van der Waals surface area (Å²) in [7, 11) is 1.84. The third kappa shape index (κ3) is 4.03. The van der Waals surface area contributed by atoms with Crippen LogP contribution in [0.3, 0.4) is 0 Å². The first-order valence-corrected chi connectivity index (χ1v) is 6.15. The highest BCUT2D eigenvalue weighted by Crippen LogP contribution is 2.15. The number of furan rings is 1. The topological polar surface area (TPSA) is 45.5 Å². The van der Waals surface area contributed by atoms with Gasteiger partial charge in [-0.2, -0.15) is 0 Å². The highest BCUT2D eigenvalue weighted by atomic mass is 35.5. The summed E-state index contributed by atoms with van der Waals surface area (Å²) in [6, 6.07) is 3.85. The number of carbonyl (C=O) groups is 1. The molecule has 18 heavy (non-hydrogen) atoms. The number of halogens is 1. The molecule has 1 atom stereocenters. The lowest BCUT2D eigenvalue weighted by atomic mass is 10.0. The molecule has 1 saturated heterocycles. The Balaban J connectivity index is 0.00000162. The molecule has 0 aromatic carbocycles. The molecule has 0 aliphatic carbocycles. The zero-order valence-electron chi connectivity index (χ0n) is 10.9. The Morgan fingerprint density at radius 2 is 2.33 bits per heavy atom. The molecule has 0 saturated carbocycles. The second kappa shape index (κ2) is 6.81. The lowest BCUT2D eigenvalue weighted by molar-refractivity contribution is -0.131. The van der Waals surface area contributed by atoms with Crippen LogP contribution in [0.5, 0.6) is 0 Å². The molecule has 0 bridgehead atoms. The molecular formula is C13H21ClN2O2. The summed E-state index contributed by atoms with van der Waals surface area (Å²) >= 11 is 0. The molecule has 0 spiro atoms. The standard InChI is InChI=1S/C13H20N2O2.ClH/c1-10-3-4-12(17-10)9-15(2)13(16)7-11-5-6-14-8-11;/h3-4,11,14H,5-9H2,1-2H3;1H. The van der Waals surface area contributed by atoms with Gasteiger partial charge in [-0.15, -0.1) is 12.4 Å². The van der Waals surface area contributed by atoms with Gasteiger partial charge in [0.1, 0.15) is 11.5 Å². The third-order valence-corrected chi connectivity index (χ3v) is 3.24. The van der Waals surface area contributed by atoms with Crippen molar-refractivity contribution in [2.45, 2.75) is 26.3 Å². The van der Waals surface area contributed by atoms with E-state index >= 15 is 0 Å². The van der Waals surface area contributed by atoms with E-state index in [2.05, 4.69) is 5.32 Å². The van der Waals surface area contributed by atoms with Crippen LogP contribution in [0, 0.1) is 12.8 Å². The maximum absolute atomic E-state index is 12.0. The maximum Gasteiger partial charge on any atom is 0.223 e. The normalized spacial score (nSPS) is 18.4. The molecule has 1 fully saturated rings. The van der Waals surface area contributed by atoms with E-state index in [-0.39, 0.29) is 18.3 Å². The minimum absolute atomic E-state index is 0. The predicted molar refractivity (Wildman–Crippen MR) is 72.8 cm³/mol. The SMILES string of the molecule is Cc1ccc(CN(C)C(=O)CC2CCNC2)o1.Cl. The van der Waals surface area contributed by atoms with Crippen molar-refractivity contribution in [1.82, 2.24) is 10.2 Å². The summed E-state index contributed by atoms with van der Waals surface area (Å²) in [5.74, 6) is 2.44. The fraction of sp³-hybridized carbons (Fsp3) is 0.615. The molecule has 2 heterocycles. The Kier molecular flexibility index (Phi) is 5.69. The first-order valence-electron chi connectivity index (χ1n) is 6.15. The molecule has 1 aromatic rings. The van der Waals surface area contributed by atoms with E-state index in [4.69, 9.17) is 4.42 Å². The highest BCUT2D eigenvalue weighted by molar-refractivity contribution is 5.85.